The molecular formula is C26H31FN4O4. The number of non-ortho nitro benzene ring substituents is 1. The van der Waals surface area contributed by atoms with E-state index in [-0.39, 0.29) is 46.5 Å². The summed E-state index contributed by atoms with van der Waals surface area (Å²) < 4.78 is 19.2. The van der Waals surface area contributed by atoms with E-state index in [1.54, 1.807) is 24.3 Å². The van der Waals surface area contributed by atoms with E-state index in [0.717, 1.165) is 29.9 Å². The first-order valence-corrected chi connectivity index (χ1v) is 12.2. The van der Waals surface area contributed by atoms with E-state index in [0.29, 0.717) is 32.6 Å². The Morgan fingerprint density at radius 2 is 1.80 bits per heavy atom. The molecule has 8 nitrogen and oxygen atoms in total. The van der Waals surface area contributed by atoms with E-state index in [1.807, 2.05) is 24.8 Å². The minimum atomic E-state index is -0.380. The number of carbonyl (C=O) groups excluding carboxylic acids is 1. The van der Waals surface area contributed by atoms with Gasteiger partial charge in [0.15, 0.2) is 0 Å². The fourth-order valence-electron chi connectivity index (χ4n) is 5.85. The fraction of sp³-hybridized carbons (Fsp3) is 0.500. The molecule has 0 saturated carbocycles. The second-order valence-electron chi connectivity index (χ2n) is 10.0. The molecule has 4 atom stereocenters. The number of hydrogen-bond donors (Lipinski definition) is 0. The lowest BCUT2D eigenvalue weighted by molar-refractivity contribution is -0.384. The van der Waals surface area contributed by atoms with Gasteiger partial charge >= 0.3 is 0 Å². The molecule has 2 aromatic rings. The number of piperazine rings is 1. The molecule has 3 aliphatic heterocycles. The summed E-state index contributed by atoms with van der Waals surface area (Å²) in [5, 5.41) is 11.4. The van der Waals surface area contributed by atoms with Gasteiger partial charge in [-0.2, -0.15) is 0 Å². The number of nitro benzene ring substituents is 1. The predicted octanol–water partition coefficient (Wildman–Crippen LogP) is 3.23. The maximum absolute atomic E-state index is 13.9. The molecule has 186 valence electrons. The molecule has 4 unspecified atom stereocenters. The topological polar surface area (TPSA) is 79.2 Å². The number of rotatable bonds is 4. The highest BCUT2D eigenvalue weighted by Crippen LogP contribution is 2.39. The van der Waals surface area contributed by atoms with E-state index < -0.39 is 0 Å². The van der Waals surface area contributed by atoms with Crippen molar-refractivity contribution in [3.63, 3.8) is 0 Å². The number of benzene rings is 2. The van der Waals surface area contributed by atoms with Crippen LogP contribution < -0.4 is 4.90 Å². The standard InChI is InChI=1S/C26H31FN4O4/c1-17-13-29(14-18(2)35-17)26(32)23-12-20-11-22(31(33)34)7-8-24(20)30-10-9-28(16-25(23)30)15-19-3-5-21(27)6-4-19/h3-8,11,17-18,23,25H,9-10,12-16H2,1-2H3. The van der Waals surface area contributed by atoms with Gasteiger partial charge < -0.3 is 14.5 Å². The van der Waals surface area contributed by atoms with Gasteiger partial charge in [-0.05, 0) is 49.6 Å². The zero-order chi connectivity index (χ0) is 24.7. The van der Waals surface area contributed by atoms with Crippen molar-refractivity contribution in [2.45, 2.75) is 45.1 Å². The number of nitro groups is 1. The summed E-state index contributed by atoms with van der Waals surface area (Å²) in [7, 11) is 0. The molecule has 2 saturated heterocycles. The summed E-state index contributed by atoms with van der Waals surface area (Å²) in [6, 6.07) is 11.5. The van der Waals surface area contributed by atoms with Crippen LogP contribution >= 0.6 is 0 Å². The Kier molecular flexibility index (Phi) is 6.46. The number of nitrogens with zero attached hydrogens (tertiary/aromatic N) is 4. The van der Waals surface area contributed by atoms with Crippen molar-refractivity contribution in [1.82, 2.24) is 9.80 Å². The third-order valence-electron chi connectivity index (χ3n) is 7.36. The molecule has 0 bridgehead atoms. The van der Waals surface area contributed by atoms with Gasteiger partial charge in [-0.15, -0.1) is 0 Å². The fourth-order valence-corrected chi connectivity index (χ4v) is 5.85. The van der Waals surface area contributed by atoms with E-state index in [4.69, 9.17) is 4.74 Å². The molecule has 0 aliphatic carbocycles. The van der Waals surface area contributed by atoms with Gasteiger partial charge in [0.25, 0.3) is 5.69 Å². The SMILES string of the molecule is CC1CN(C(=O)C2Cc3cc([N+](=O)[O-])ccc3N3CCN(Cc4ccc(F)cc4)CC23)CC(C)O1. The average molecular weight is 483 g/mol. The third-order valence-corrected chi connectivity index (χ3v) is 7.36. The smallest absolute Gasteiger partial charge is 0.269 e. The van der Waals surface area contributed by atoms with Crippen LogP contribution in [0.3, 0.4) is 0 Å². The van der Waals surface area contributed by atoms with E-state index >= 15 is 0 Å². The molecule has 35 heavy (non-hydrogen) atoms. The minimum absolute atomic E-state index is 0.0305. The zero-order valence-corrected chi connectivity index (χ0v) is 20.1. The first kappa shape index (κ1) is 23.7. The first-order chi connectivity index (χ1) is 16.8. The van der Waals surface area contributed by atoms with Crippen LogP contribution in [0.2, 0.25) is 0 Å². The van der Waals surface area contributed by atoms with Crippen LogP contribution in [0.1, 0.15) is 25.0 Å². The summed E-state index contributed by atoms with van der Waals surface area (Å²) in [5.74, 6) is -0.475. The molecule has 1 amide bonds. The minimum Gasteiger partial charge on any atom is -0.372 e. The molecule has 3 aliphatic rings. The highest BCUT2D eigenvalue weighted by molar-refractivity contribution is 5.82. The maximum Gasteiger partial charge on any atom is 0.269 e. The lowest BCUT2D eigenvalue weighted by Gasteiger charge is -2.50. The van der Waals surface area contributed by atoms with Crippen molar-refractivity contribution < 1.29 is 18.8 Å². The van der Waals surface area contributed by atoms with Gasteiger partial charge in [-0.1, -0.05) is 12.1 Å². The summed E-state index contributed by atoms with van der Waals surface area (Å²) in [4.78, 5) is 31.4. The molecule has 2 fully saturated rings. The van der Waals surface area contributed by atoms with Crippen molar-refractivity contribution in [1.29, 1.82) is 0 Å². The molecule has 0 N–H and O–H groups in total. The van der Waals surface area contributed by atoms with E-state index in [1.165, 1.54) is 12.1 Å². The van der Waals surface area contributed by atoms with Crippen LogP contribution in [0, 0.1) is 21.8 Å². The quantitative estimate of drug-likeness (QED) is 0.492. The Morgan fingerprint density at radius 1 is 1.09 bits per heavy atom. The molecular weight excluding hydrogens is 451 g/mol. The second-order valence-corrected chi connectivity index (χ2v) is 10.0. The van der Waals surface area contributed by atoms with Crippen molar-refractivity contribution >= 4 is 17.3 Å². The molecule has 5 rings (SSSR count). The van der Waals surface area contributed by atoms with Gasteiger partial charge in [0.2, 0.25) is 5.91 Å². The second kappa shape index (κ2) is 9.54. The number of hydrogen-bond acceptors (Lipinski definition) is 6. The van der Waals surface area contributed by atoms with Gasteiger partial charge in [-0.25, -0.2) is 4.39 Å². The molecule has 9 heteroatoms. The summed E-state index contributed by atoms with van der Waals surface area (Å²) in [6.07, 6.45) is 0.413. The highest BCUT2D eigenvalue weighted by atomic mass is 19.1. The third kappa shape index (κ3) is 4.88. The van der Waals surface area contributed by atoms with Crippen LogP contribution in [0.15, 0.2) is 42.5 Å². The molecule has 0 aromatic heterocycles. The van der Waals surface area contributed by atoms with Crippen LogP contribution in [0.25, 0.3) is 0 Å². The van der Waals surface area contributed by atoms with Gasteiger partial charge in [0.1, 0.15) is 5.82 Å². The Hall–Kier alpha value is -3.04. The van der Waals surface area contributed by atoms with Gasteiger partial charge in [0.05, 0.1) is 29.1 Å². The number of halogens is 1. The Balaban J connectivity index is 1.43. The number of anilines is 1. The highest BCUT2D eigenvalue weighted by Gasteiger charge is 2.44. The lowest BCUT2D eigenvalue weighted by atomic mass is 9.82. The van der Waals surface area contributed by atoms with E-state index in [9.17, 15) is 19.3 Å². The Bertz CT molecular complexity index is 1100. The largest absolute Gasteiger partial charge is 0.372 e. The monoisotopic (exact) mass is 482 g/mol. The number of ether oxygens (including phenoxy) is 1. The van der Waals surface area contributed by atoms with Crippen LogP contribution in [0.5, 0.6) is 0 Å². The Morgan fingerprint density at radius 3 is 2.49 bits per heavy atom. The first-order valence-electron chi connectivity index (χ1n) is 12.2. The summed E-state index contributed by atoms with van der Waals surface area (Å²) in [6.45, 7) is 7.94. The molecule has 0 spiro atoms. The van der Waals surface area contributed by atoms with Crippen molar-refractivity contribution in [3.05, 3.63) is 69.5 Å². The van der Waals surface area contributed by atoms with Crippen LogP contribution in [0.4, 0.5) is 15.8 Å². The van der Waals surface area contributed by atoms with Crippen molar-refractivity contribution in [3.8, 4) is 0 Å². The number of carbonyl (C=O) groups is 1. The van der Waals surface area contributed by atoms with Crippen molar-refractivity contribution in [2.24, 2.45) is 5.92 Å². The van der Waals surface area contributed by atoms with E-state index in [2.05, 4.69) is 9.80 Å². The number of morpholine rings is 1. The number of amides is 1. The zero-order valence-electron chi connectivity index (χ0n) is 20.1. The predicted molar refractivity (Wildman–Crippen MR) is 130 cm³/mol. The summed E-state index contributed by atoms with van der Waals surface area (Å²) in [5.41, 5.74) is 2.92. The molecule has 3 heterocycles. The normalized spacial score (nSPS) is 26.7. The maximum atomic E-state index is 13.9. The number of fused-ring (bicyclic) bond motifs is 3. The lowest BCUT2D eigenvalue weighted by Crippen LogP contribution is -2.62. The summed E-state index contributed by atoms with van der Waals surface area (Å²) >= 11 is 0. The van der Waals surface area contributed by atoms with Gasteiger partial charge in [-0.3, -0.25) is 19.8 Å². The van der Waals surface area contributed by atoms with Crippen LogP contribution in [-0.2, 0) is 22.5 Å². The van der Waals surface area contributed by atoms with Crippen molar-refractivity contribution in [2.75, 3.05) is 37.6 Å². The molecule has 0 radical (unpaired) electrons. The molecule has 2 aromatic carbocycles. The van der Waals surface area contributed by atoms with Crippen LogP contribution in [-0.4, -0.2) is 71.6 Å². The van der Waals surface area contributed by atoms with Gasteiger partial charge in [0, 0.05) is 57.1 Å². The average Bonchev–Trinajstić information content (AvgIpc) is 2.83. The Labute approximate surface area is 204 Å².